The monoisotopic (exact) mass is 231 g/mol. The van der Waals surface area contributed by atoms with Crippen LogP contribution < -0.4 is 0 Å². The van der Waals surface area contributed by atoms with Gasteiger partial charge in [-0.3, -0.25) is 4.79 Å². The average molecular weight is 231 g/mol. The predicted molar refractivity (Wildman–Crippen MR) is 61.7 cm³/mol. The van der Waals surface area contributed by atoms with E-state index >= 15 is 0 Å². The van der Waals surface area contributed by atoms with Crippen molar-refractivity contribution in [2.45, 2.75) is 25.2 Å². The Kier molecular flexibility index (Phi) is 2.35. The van der Waals surface area contributed by atoms with Crippen molar-refractivity contribution in [3.05, 3.63) is 30.0 Å². The van der Waals surface area contributed by atoms with Gasteiger partial charge in [-0.05, 0) is 42.4 Å². The summed E-state index contributed by atoms with van der Waals surface area (Å²) in [6.07, 6.45) is 4.16. The van der Waals surface area contributed by atoms with Crippen molar-refractivity contribution >= 4 is 16.9 Å². The highest BCUT2D eigenvalue weighted by atomic mass is 16.5. The fourth-order valence-electron chi connectivity index (χ4n) is 2.36. The highest BCUT2D eigenvalue weighted by molar-refractivity contribution is 5.77. The van der Waals surface area contributed by atoms with Gasteiger partial charge in [-0.1, -0.05) is 11.2 Å². The van der Waals surface area contributed by atoms with E-state index in [1.165, 1.54) is 0 Å². The number of aromatic nitrogens is 1. The Morgan fingerprint density at radius 3 is 3.06 bits per heavy atom. The van der Waals surface area contributed by atoms with Crippen molar-refractivity contribution in [1.29, 1.82) is 0 Å². The molecule has 0 aliphatic heterocycles. The van der Waals surface area contributed by atoms with E-state index in [2.05, 4.69) is 5.16 Å². The summed E-state index contributed by atoms with van der Waals surface area (Å²) in [7, 11) is 0. The number of rotatable bonds is 4. The van der Waals surface area contributed by atoms with Gasteiger partial charge in [0, 0.05) is 5.39 Å². The van der Waals surface area contributed by atoms with Gasteiger partial charge in [0.2, 0.25) is 0 Å². The molecular formula is C13H13NO3. The Morgan fingerprint density at radius 2 is 2.35 bits per heavy atom. The highest BCUT2D eigenvalue weighted by Gasteiger charge is 2.33. The molecule has 0 bridgehead atoms. The van der Waals surface area contributed by atoms with E-state index in [4.69, 9.17) is 9.63 Å². The molecule has 1 fully saturated rings. The minimum Gasteiger partial charge on any atom is -0.481 e. The van der Waals surface area contributed by atoms with Gasteiger partial charge in [-0.2, -0.15) is 0 Å². The summed E-state index contributed by atoms with van der Waals surface area (Å²) in [5.74, 6) is -0.0671. The largest absolute Gasteiger partial charge is 0.481 e. The lowest BCUT2D eigenvalue weighted by atomic mass is 9.90. The molecule has 1 aliphatic carbocycles. The van der Waals surface area contributed by atoms with Crippen LogP contribution in [0.1, 0.15) is 30.7 Å². The first-order chi connectivity index (χ1) is 8.24. The zero-order valence-corrected chi connectivity index (χ0v) is 9.30. The summed E-state index contributed by atoms with van der Waals surface area (Å²) in [6, 6.07) is 5.83. The van der Waals surface area contributed by atoms with Crippen molar-refractivity contribution in [1.82, 2.24) is 5.16 Å². The van der Waals surface area contributed by atoms with Crippen LogP contribution in [0.4, 0.5) is 0 Å². The molecule has 4 heteroatoms. The van der Waals surface area contributed by atoms with Crippen molar-refractivity contribution < 1.29 is 14.4 Å². The van der Waals surface area contributed by atoms with E-state index < -0.39 is 5.97 Å². The summed E-state index contributed by atoms with van der Waals surface area (Å²) >= 11 is 0. The lowest BCUT2D eigenvalue weighted by Gasteiger charge is -2.14. The molecule has 2 aromatic rings. The molecule has 1 N–H and O–H groups in total. The Balaban J connectivity index is 1.95. The average Bonchev–Trinajstić information content (AvgIpc) is 3.03. The van der Waals surface area contributed by atoms with Crippen LogP contribution in [0.15, 0.2) is 28.9 Å². The molecule has 17 heavy (non-hydrogen) atoms. The van der Waals surface area contributed by atoms with Crippen LogP contribution in [0, 0.1) is 5.92 Å². The van der Waals surface area contributed by atoms with Gasteiger partial charge in [0.1, 0.15) is 0 Å². The second-order valence-corrected chi connectivity index (χ2v) is 4.66. The maximum Gasteiger partial charge on any atom is 0.303 e. The Bertz CT molecular complexity index is 557. The molecular weight excluding hydrogens is 218 g/mol. The molecule has 1 aromatic heterocycles. The van der Waals surface area contributed by atoms with Gasteiger partial charge >= 0.3 is 5.97 Å². The number of carbonyl (C=O) groups is 1. The van der Waals surface area contributed by atoms with Crippen molar-refractivity contribution in [3.8, 4) is 0 Å². The third kappa shape index (κ3) is 2.02. The van der Waals surface area contributed by atoms with Gasteiger partial charge in [0.05, 0.1) is 12.6 Å². The summed E-state index contributed by atoms with van der Waals surface area (Å²) in [6.45, 7) is 0. The van der Waals surface area contributed by atoms with Crippen molar-refractivity contribution in [2.75, 3.05) is 0 Å². The molecule has 3 rings (SSSR count). The SMILES string of the molecule is O=C(O)CC(c1ccc2oncc2c1)C1CC1. The predicted octanol–water partition coefficient (Wildman–Crippen LogP) is 2.80. The highest BCUT2D eigenvalue weighted by Crippen LogP contribution is 2.44. The standard InChI is InChI=1S/C13H13NO3/c15-13(16)6-11(8-1-2-8)9-3-4-12-10(5-9)7-14-17-12/h3-5,7-8,11H,1-2,6H2,(H,15,16). The number of hydrogen-bond acceptors (Lipinski definition) is 3. The number of hydrogen-bond donors (Lipinski definition) is 1. The van der Waals surface area contributed by atoms with Crippen LogP contribution in [0.3, 0.4) is 0 Å². The minimum atomic E-state index is -0.729. The minimum absolute atomic E-state index is 0.131. The zero-order chi connectivity index (χ0) is 11.8. The normalized spacial score (nSPS) is 17.2. The summed E-state index contributed by atoms with van der Waals surface area (Å²) in [5, 5.41) is 13.6. The lowest BCUT2D eigenvalue weighted by molar-refractivity contribution is -0.137. The number of fused-ring (bicyclic) bond motifs is 1. The number of carboxylic acid groups (broad SMARTS) is 1. The first-order valence-electron chi connectivity index (χ1n) is 5.80. The quantitative estimate of drug-likeness (QED) is 0.878. The first-order valence-corrected chi connectivity index (χ1v) is 5.80. The van der Waals surface area contributed by atoms with E-state index in [-0.39, 0.29) is 12.3 Å². The van der Waals surface area contributed by atoms with Crippen LogP contribution in [-0.2, 0) is 4.79 Å². The van der Waals surface area contributed by atoms with Gasteiger partial charge in [-0.25, -0.2) is 0 Å². The van der Waals surface area contributed by atoms with Crippen molar-refractivity contribution in [3.63, 3.8) is 0 Å². The molecule has 0 saturated heterocycles. The molecule has 4 nitrogen and oxygen atoms in total. The fourth-order valence-corrected chi connectivity index (χ4v) is 2.36. The maximum absolute atomic E-state index is 10.9. The maximum atomic E-state index is 10.9. The third-order valence-electron chi connectivity index (χ3n) is 3.39. The Morgan fingerprint density at radius 1 is 1.53 bits per heavy atom. The Hall–Kier alpha value is -1.84. The van der Waals surface area contributed by atoms with Crippen LogP contribution in [0.5, 0.6) is 0 Å². The molecule has 0 amide bonds. The van der Waals surface area contributed by atoms with E-state index in [1.54, 1.807) is 6.20 Å². The van der Waals surface area contributed by atoms with Gasteiger partial charge in [-0.15, -0.1) is 0 Å². The Labute approximate surface area is 98.2 Å². The molecule has 1 atom stereocenters. The zero-order valence-electron chi connectivity index (χ0n) is 9.30. The summed E-state index contributed by atoms with van der Waals surface area (Å²) in [4.78, 5) is 10.9. The van der Waals surface area contributed by atoms with E-state index in [9.17, 15) is 4.79 Å². The fraction of sp³-hybridized carbons (Fsp3) is 0.385. The van der Waals surface area contributed by atoms with Gasteiger partial charge in [0.25, 0.3) is 0 Å². The molecule has 1 unspecified atom stereocenters. The van der Waals surface area contributed by atoms with Gasteiger partial charge in [0.15, 0.2) is 5.58 Å². The lowest BCUT2D eigenvalue weighted by Crippen LogP contribution is -2.08. The van der Waals surface area contributed by atoms with Crippen LogP contribution >= 0.6 is 0 Å². The van der Waals surface area contributed by atoms with Gasteiger partial charge < -0.3 is 9.63 Å². The van der Waals surface area contributed by atoms with E-state index in [1.807, 2.05) is 18.2 Å². The number of nitrogens with zero attached hydrogens (tertiary/aromatic N) is 1. The van der Waals surface area contributed by atoms with E-state index in [0.29, 0.717) is 5.92 Å². The number of carboxylic acids is 1. The molecule has 88 valence electrons. The second kappa shape index (κ2) is 3.87. The third-order valence-corrected chi connectivity index (χ3v) is 3.39. The first kappa shape index (κ1) is 10.3. The van der Waals surface area contributed by atoms with Crippen LogP contribution in [0.25, 0.3) is 11.0 Å². The summed E-state index contributed by atoms with van der Waals surface area (Å²) in [5.41, 5.74) is 1.84. The topological polar surface area (TPSA) is 63.3 Å². The smallest absolute Gasteiger partial charge is 0.303 e. The molecule has 1 aromatic carbocycles. The van der Waals surface area contributed by atoms with Crippen molar-refractivity contribution in [2.24, 2.45) is 5.92 Å². The molecule has 1 heterocycles. The van der Waals surface area contributed by atoms with Crippen LogP contribution in [-0.4, -0.2) is 16.2 Å². The molecule has 0 spiro atoms. The van der Waals surface area contributed by atoms with Crippen LogP contribution in [0.2, 0.25) is 0 Å². The number of benzene rings is 1. The molecule has 1 saturated carbocycles. The molecule has 0 radical (unpaired) electrons. The van der Waals surface area contributed by atoms with E-state index in [0.717, 1.165) is 29.4 Å². The second-order valence-electron chi connectivity index (χ2n) is 4.66. The molecule has 1 aliphatic rings. The number of aliphatic carboxylic acids is 1. The summed E-state index contributed by atoms with van der Waals surface area (Å²) < 4.78 is 5.04.